The smallest absolute Gasteiger partial charge is 0.261 e. The summed E-state index contributed by atoms with van der Waals surface area (Å²) in [6, 6.07) is 7.16. The van der Waals surface area contributed by atoms with Gasteiger partial charge in [-0.25, -0.2) is 4.39 Å². The summed E-state index contributed by atoms with van der Waals surface area (Å²) in [5.41, 5.74) is 2.90. The van der Waals surface area contributed by atoms with Crippen molar-refractivity contribution in [2.24, 2.45) is 0 Å². The third-order valence-electron chi connectivity index (χ3n) is 3.02. The zero-order valence-corrected chi connectivity index (χ0v) is 11.1. The van der Waals surface area contributed by atoms with E-state index in [1.165, 1.54) is 17.2 Å². The van der Waals surface area contributed by atoms with Crippen LogP contribution in [0.15, 0.2) is 36.7 Å². The number of halogens is 1. The van der Waals surface area contributed by atoms with Gasteiger partial charge in [0.05, 0.1) is 11.8 Å². The molecular formula is C15H15FN2O. The van der Waals surface area contributed by atoms with Crippen LogP contribution < -0.4 is 4.90 Å². The molecule has 0 fully saturated rings. The standard InChI is InChI=1S/C15H15FN2O/c1-10-4-5-14(11(2)8-10)18(3)15(19)12-6-7-17-9-13(12)16/h4-9H,1-3H3. The Labute approximate surface area is 111 Å². The number of aryl methyl sites for hydroxylation is 2. The van der Waals surface area contributed by atoms with Gasteiger partial charge in [0.25, 0.3) is 5.91 Å². The minimum Gasteiger partial charge on any atom is -0.311 e. The second-order valence-corrected chi connectivity index (χ2v) is 4.51. The molecule has 1 aromatic carbocycles. The maximum Gasteiger partial charge on any atom is 0.261 e. The molecule has 0 radical (unpaired) electrons. The molecule has 0 aliphatic carbocycles. The second-order valence-electron chi connectivity index (χ2n) is 4.51. The van der Waals surface area contributed by atoms with Crippen LogP contribution in [0, 0.1) is 19.7 Å². The average Bonchev–Trinajstić information content (AvgIpc) is 2.38. The predicted octanol–water partition coefficient (Wildman–Crippen LogP) is 3.11. The fourth-order valence-electron chi connectivity index (χ4n) is 2.02. The molecule has 4 heteroatoms. The van der Waals surface area contributed by atoms with Gasteiger partial charge in [-0.2, -0.15) is 0 Å². The lowest BCUT2D eigenvalue weighted by atomic mass is 10.1. The van der Waals surface area contributed by atoms with Gasteiger partial charge in [0.1, 0.15) is 0 Å². The molecule has 1 aromatic heterocycles. The number of rotatable bonds is 2. The van der Waals surface area contributed by atoms with E-state index in [4.69, 9.17) is 0 Å². The molecule has 0 aliphatic rings. The number of carbonyl (C=O) groups excluding carboxylic acids is 1. The van der Waals surface area contributed by atoms with E-state index in [0.717, 1.165) is 23.0 Å². The molecule has 1 amide bonds. The van der Waals surface area contributed by atoms with Gasteiger partial charge in [-0.05, 0) is 31.5 Å². The monoisotopic (exact) mass is 258 g/mol. The summed E-state index contributed by atoms with van der Waals surface area (Å²) in [6.45, 7) is 3.91. The Kier molecular flexibility index (Phi) is 3.60. The largest absolute Gasteiger partial charge is 0.311 e. The Morgan fingerprint density at radius 1 is 1.26 bits per heavy atom. The maximum absolute atomic E-state index is 13.6. The highest BCUT2D eigenvalue weighted by Crippen LogP contribution is 2.22. The van der Waals surface area contributed by atoms with Crippen molar-refractivity contribution in [2.45, 2.75) is 13.8 Å². The maximum atomic E-state index is 13.6. The zero-order valence-electron chi connectivity index (χ0n) is 11.1. The summed E-state index contributed by atoms with van der Waals surface area (Å²) in [7, 11) is 1.64. The molecule has 0 N–H and O–H groups in total. The Bertz CT molecular complexity index is 625. The first kappa shape index (κ1) is 13.2. The molecular weight excluding hydrogens is 243 g/mol. The van der Waals surface area contributed by atoms with Crippen molar-refractivity contribution in [2.75, 3.05) is 11.9 Å². The lowest BCUT2D eigenvalue weighted by Crippen LogP contribution is -2.27. The van der Waals surface area contributed by atoms with E-state index in [1.54, 1.807) is 7.05 Å². The molecule has 98 valence electrons. The SMILES string of the molecule is Cc1ccc(N(C)C(=O)c2ccncc2F)c(C)c1. The highest BCUT2D eigenvalue weighted by molar-refractivity contribution is 6.06. The van der Waals surface area contributed by atoms with E-state index in [9.17, 15) is 9.18 Å². The van der Waals surface area contributed by atoms with Gasteiger partial charge in [0.2, 0.25) is 0 Å². The molecule has 3 nitrogen and oxygen atoms in total. The van der Waals surface area contributed by atoms with Crippen LogP contribution in [0.1, 0.15) is 21.5 Å². The van der Waals surface area contributed by atoms with Crippen LogP contribution in [0.5, 0.6) is 0 Å². The normalized spacial score (nSPS) is 10.3. The number of amides is 1. The molecule has 0 unspecified atom stereocenters. The van der Waals surface area contributed by atoms with E-state index in [0.29, 0.717) is 0 Å². The van der Waals surface area contributed by atoms with Gasteiger partial charge in [-0.1, -0.05) is 17.7 Å². The number of pyridine rings is 1. The summed E-state index contributed by atoms with van der Waals surface area (Å²) >= 11 is 0. The molecule has 0 bridgehead atoms. The van der Waals surface area contributed by atoms with Gasteiger partial charge in [-0.15, -0.1) is 0 Å². The zero-order chi connectivity index (χ0) is 14.0. The van der Waals surface area contributed by atoms with Gasteiger partial charge >= 0.3 is 0 Å². The van der Waals surface area contributed by atoms with Crippen molar-refractivity contribution in [3.8, 4) is 0 Å². The number of anilines is 1. The Hall–Kier alpha value is -2.23. The molecule has 0 saturated carbocycles. The summed E-state index contributed by atoms with van der Waals surface area (Å²) in [4.78, 5) is 17.4. The third-order valence-corrected chi connectivity index (χ3v) is 3.02. The highest BCUT2D eigenvalue weighted by atomic mass is 19.1. The van der Waals surface area contributed by atoms with E-state index >= 15 is 0 Å². The van der Waals surface area contributed by atoms with Crippen molar-refractivity contribution >= 4 is 11.6 Å². The van der Waals surface area contributed by atoms with Crippen molar-refractivity contribution < 1.29 is 9.18 Å². The van der Waals surface area contributed by atoms with E-state index in [2.05, 4.69) is 4.98 Å². The van der Waals surface area contributed by atoms with Gasteiger partial charge < -0.3 is 4.90 Å². The van der Waals surface area contributed by atoms with Crippen LogP contribution in [0.25, 0.3) is 0 Å². The van der Waals surface area contributed by atoms with Crippen LogP contribution >= 0.6 is 0 Å². The lowest BCUT2D eigenvalue weighted by molar-refractivity contribution is 0.0989. The summed E-state index contributed by atoms with van der Waals surface area (Å²) < 4.78 is 13.6. The topological polar surface area (TPSA) is 33.2 Å². The number of benzene rings is 1. The minimum atomic E-state index is -0.607. The molecule has 19 heavy (non-hydrogen) atoms. The van der Waals surface area contributed by atoms with Crippen LogP contribution in [0.3, 0.4) is 0 Å². The average molecular weight is 258 g/mol. The van der Waals surface area contributed by atoms with Crippen LogP contribution in [-0.4, -0.2) is 17.9 Å². The van der Waals surface area contributed by atoms with E-state index in [1.807, 2.05) is 32.0 Å². The first-order chi connectivity index (χ1) is 9.00. The molecule has 0 saturated heterocycles. The number of carbonyl (C=O) groups is 1. The predicted molar refractivity (Wildman–Crippen MR) is 72.8 cm³/mol. The van der Waals surface area contributed by atoms with Crippen LogP contribution in [0.2, 0.25) is 0 Å². The lowest BCUT2D eigenvalue weighted by Gasteiger charge is -2.20. The first-order valence-electron chi connectivity index (χ1n) is 5.95. The van der Waals surface area contributed by atoms with E-state index in [-0.39, 0.29) is 11.5 Å². The molecule has 0 aliphatic heterocycles. The van der Waals surface area contributed by atoms with Crippen LogP contribution in [0.4, 0.5) is 10.1 Å². The molecule has 1 heterocycles. The quantitative estimate of drug-likeness (QED) is 0.829. The van der Waals surface area contributed by atoms with Gasteiger partial charge in [0.15, 0.2) is 5.82 Å². The van der Waals surface area contributed by atoms with Crippen LogP contribution in [-0.2, 0) is 0 Å². The van der Waals surface area contributed by atoms with Gasteiger partial charge in [-0.3, -0.25) is 9.78 Å². The first-order valence-corrected chi connectivity index (χ1v) is 5.95. The summed E-state index contributed by atoms with van der Waals surface area (Å²) in [5, 5.41) is 0. The Morgan fingerprint density at radius 2 is 2.00 bits per heavy atom. The molecule has 0 atom stereocenters. The van der Waals surface area contributed by atoms with Crippen molar-refractivity contribution in [1.29, 1.82) is 0 Å². The van der Waals surface area contributed by atoms with Gasteiger partial charge in [0, 0.05) is 18.9 Å². The Balaban J connectivity index is 2.37. The summed E-state index contributed by atoms with van der Waals surface area (Å²) in [5.74, 6) is -0.990. The van der Waals surface area contributed by atoms with Crippen molar-refractivity contribution in [3.63, 3.8) is 0 Å². The molecule has 0 spiro atoms. The molecule has 2 rings (SSSR count). The minimum absolute atomic E-state index is 0.0254. The number of nitrogens with zero attached hydrogens (tertiary/aromatic N) is 2. The fraction of sp³-hybridized carbons (Fsp3) is 0.200. The highest BCUT2D eigenvalue weighted by Gasteiger charge is 2.18. The number of hydrogen-bond donors (Lipinski definition) is 0. The third kappa shape index (κ3) is 2.62. The Morgan fingerprint density at radius 3 is 2.63 bits per heavy atom. The number of hydrogen-bond acceptors (Lipinski definition) is 2. The second kappa shape index (κ2) is 5.18. The fourth-order valence-corrected chi connectivity index (χ4v) is 2.02. The van der Waals surface area contributed by atoms with Crippen molar-refractivity contribution in [1.82, 2.24) is 4.98 Å². The summed E-state index contributed by atoms with van der Waals surface area (Å²) in [6.07, 6.45) is 2.45. The van der Waals surface area contributed by atoms with Crippen molar-refractivity contribution in [3.05, 3.63) is 59.2 Å². The number of aromatic nitrogens is 1. The molecule has 2 aromatic rings. The van der Waals surface area contributed by atoms with E-state index < -0.39 is 5.82 Å².